The summed E-state index contributed by atoms with van der Waals surface area (Å²) in [6.45, 7) is 4.68. The van der Waals surface area contributed by atoms with Crippen LogP contribution in [0.15, 0.2) is 18.3 Å². The van der Waals surface area contributed by atoms with Crippen LogP contribution in [0.2, 0.25) is 0 Å². The molecule has 88 valence electrons. The molecule has 1 aromatic rings. The molecule has 0 saturated heterocycles. The van der Waals surface area contributed by atoms with Crippen LogP contribution in [0.1, 0.15) is 32.3 Å². The van der Waals surface area contributed by atoms with Crippen molar-refractivity contribution in [3.63, 3.8) is 0 Å². The Labute approximate surface area is 96.3 Å². The van der Waals surface area contributed by atoms with Gasteiger partial charge in [0.1, 0.15) is 5.82 Å². The summed E-state index contributed by atoms with van der Waals surface area (Å²) in [4.78, 5) is 15.5. The molecule has 0 spiro atoms. The van der Waals surface area contributed by atoms with Crippen LogP contribution in [0.25, 0.3) is 0 Å². The summed E-state index contributed by atoms with van der Waals surface area (Å²) in [5, 5.41) is 2.86. The molecule has 1 amide bonds. The number of nitrogens with one attached hydrogen (secondary N) is 1. The second-order valence-corrected chi connectivity index (χ2v) is 4.09. The molecule has 1 rings (SSSR count). The van der Waals surface area contributed by atoms with Gasteiger partial charge in [-0.15, -0.1) is 0 Å². The van der Waals surface area contributed by atoms with Gasteiger partial charge in [-0.3, -0.25) is 4.79 Å². The predicted molar refractivity (Wildman–Crippen MR) is 64.6 cm³/mol. The summed E-state index contributed by atoms with van der Waals surface area (Å²) in [7, 11) is 0. The first-order chi connectivity index (χ1) is 7.61. The third-order valence-electron chi connectivity index (χ3n) is 2.57. The lowest BCUT2D eigenvalue weighted by Gasteiger charge is -2.09. The van der Waals surface area contributed by atoms with Gasteiger partial charge < -0.3 is 11.1 Å². The fourth-order valence-corrected chi connectivity index (χ4v) is 1.27. The van der Waals surface area contributed by atoms with E-state index in [-0.39, 0.29) is 5.91 Å². The van der Waals surface area contributed by atoms with Crippen LogP contribution in [-0.4, -0.2) is 10.9 Å². The molecule has 16 heavy (non-hydrogen) atoms. The zero-order chi connectivity index (χ0) is 12.0. The Balaban J connectivity index is 2.34. The number of hydrogen-bond donors (Lipinski definition) is 2. The summed E-state index contributed by atoms with van der Waals surface area (Å²) in [5.74, 6) is 1.02. The SMILES string of the molecule is CCC(C)CC(=O)NCc1ccc(N)nc1. The fourth-order valence-electron chi connectivity index (χ4n) is 1.27. The smallest absolute Gasteiger partial charge is 0.220 e. The maximum Gasteiger partial charge on any atom is 0.220 e. The van der Waals surface area contributed by atoms with E-state index in [9.17, 15) is 4.79 Å². The van der Waals surface area contributed by atoms with Crippen molar-refractivity contribution < 1.29 is 4.79 Å². The zero-order valence-corrected chi connectivity index (χ0v) is 9.86. The van der Waals surface area contributed by atoms with Gasteiger partial charge in [0.15, 0.2) is 0 Å². The number of hydrogen-bond acceptors (Lipinski definition) is 3. The van der Waals surface area contributed by atoms with Crippen LogP contribution < -0.4 is 11.1 Å². The second-order valence-electron chi connectivity index (χ2n) is 4.09. The molecule has 0 aliphatic rings. The van der Waals surface area contributed by atoms with Gasteiger partial charge in [-0.1, -0.05) is 26.3 Å². The Morgan fingerprint density at radius 3 is 2.88 bits per heavy atom. The van der Waals surface area contributed by atoms with Gasteiger partial charge in [0.25, 0.3) is 0 Å². The highest BCUT2D eigenvalue weighted by atomic mass is 16.1. The van der Waals surface area contributed by atoms with Gasteiger partial charge in [0.05, 0.1) is 0 Å². The third kappa shape index (κ3) is 4.29. The number of aromatic nitrogens is 1. The van der Waals surface area contributed by atoms with Crippen LogP contribution in [0.3, 0.4) is 0 Å². The summed E-state index contributed by atoms with van der Waals surface area (Å²) in [6, 6.07) is 3.60. The van der Waals surface area contributed by atoms with Gasteiger partial charge in [0.2, 0.25) is 5.91 Å². The molecule has 1 aromatic heterocycles. The Kier molecular flexibility index (Phi) is 4.76. The monoisotopic (exact) mass is 221 g/mol. The van der Waals surface area contributed by atoms with Gasteiger partial charge in [-0.25, -0.2) is 4.98 Å². The van der Waals surface area contributed by atoms with Crippen LogP contribution >= 0.6 is 0 Å². The Hall–Kier alpha value is -1.58. The minimum Gasteiger partial charge on any atom is -0.384 e. The van der Waals surface area contributed by atoms with Gasteiger partial charge >= 0.3 is 0 Å². The van der Waals surface area contributed by atoms with E-state index < -0.39 is 0 Å². The Morgan fingerprint density at radius 1 is 1.56 bits per heavy atom. The maximum atomic E-state index is 11.5. The lowest BCUT2D eigenvalue weighted by molar-refractivity contribution is -0.122. The van der Waals surface area contributed by atoms with Gasteiger partial charge in [0, 0.05) is 19.2 Å². The lowest BCUT2D eigenvalue weighted by Crippen LogP contribution is -2.24. The van der Waals surface area contributed by atoms with E-state index in [2.05, 4.69) is 24.1 Å². The standard InChI is InChI=1S/C12H19N3O/c1-3-9(2)6-12(16)15-8-10-4-5-11(13)14-7-10/h4-5,7,9H,3,6,8H2,1-2H3,(H2,13,14)(H,15,16). The fraction of sp³-hybridized carbons (Fsp3) is 0.500. The van der Waals surface area contributed by atoms with Gasteiger partial charge in [-0.05, 0) is 17.5 Å². The number of anilines is 1. The van der Waals surface area contributed by atoms with Crippen LogP contribution in [0.4, 0.5) is 5.82 Å². The topological polar surface area (TPSA) is 68.0 Å². The Morgan fingerprint density at radius 2 is 2.31 bits per heavy atom. The minimum absolute atomic E-state index is 0.0891. The number of carbonyl (C=O) groups is 1. The third-order valence-corrected chi connectivity index (χ3v) is 2.57. The molecule has 0 bridgehead atoms. The van der Waals surface area contributed by atoms with Crippen molar-refractivity contribution in [2.45, 2.75) is 33.2 Å². The number of carbonyl (C=O) groups excluding carboxylic acids is 1. The molecular formula is C12H19N3O. The molecule has 0 aromatic carbocycles. The molecule has 0 fully saturated rings. The first-order valence-electron chi connectivity index (χ1n) is 5.59. The van der Waals surface area contributed by atoms with Crippen molar-refractivity contribution in [2.75, 3.05) is 5.73 Å². The van der Waals surface area contributed by atoms with Crippen molar-refractivity contribution in [3.05, 3.63) is 23.9 Å². The highest BCUT2D eigenvalue weighted by Gasteiger charge is 2.06. The molecule has 1 unspecified atom stereocenters. The van der Waals surface area contributed by atoms with E-state index in [1.165, 1.54) is 0 Å². The zero-order valence-electron chi connectivity index (χ0n) is 9.86. The molecule has 1 atom stereocenters. The molecule has 1 heterocycles. The maximum absolute atomic E-state index is 11.5. The van der Waals surface area contributed by atoms with E-state index in [1.807, 2.05) is 6.07 Å². The van der Waals surface area contributed by atoms with Gasteiger partial charge in [-0.2, -0.15) is 0 Å². The molecule has 4 heteroatoms. The first kappa shape index (κ1) is 12.5. The van der Waals surface area contributed by atoms with E-state index in [0.29, 0.717) is 24.7 Å². The number of nitrogens with two attached hydrogens (primary N) is 1. The predicted octanol–water partition coefficient (Wildman–Crippen LogP) is 1.72. The van der Waals surface area contributed by atoms with E-state index in [1.54, 1.807) is 12.3 Å². The lowest BCUT2D eigenvalue weighted by atomic mass is 10.1. The molecule has 0 aliphatic heterocycles. The van der Waals surface area contributed by atoms with Crippen molar-refractivity contribution >= 4 is 11.7 Å². The summed E-state index contributed by atoms with van der Waals surface area (Å²) < 4.78 is 0. The highest BCUT2D eigenvalue weighted by molar-refractivity contribution is 5.76. The van der Waals surface area contributed by atoms with Crippen LogP contribution in [-0.2, 0) is 11.3 Å². The van der Waals surface area contributed by atoms with Crippen molar-refractivity contribution in [1.29, 1.82) is 0 Å². The first-order valence-corrected chi connectivity index (χ1v) is 5.59. The van der Waals surface area contributed by atoms with Crippen LogP contribution in [0, 0.1) is 5.92 Å². The van der Waals surface area contributed by atoms with E-state index in [4.69, 9.17) is 5.73 Å². The van der Waals surface area contributed by atoms with Crippen molar-refractivity contribution in [2.24, 2.45) is 5.92 Å². The number of rotatable bonds is 5. The normalized spacial score (nSPS) is 12.1. The molecular weight excluding hydrogens is 202 g/mol. The molecule has 0 radical (unpaired) electrons. The summed E-state index contributed by atoms with van der Waals surface area (Å²) in [6.07, 6.45) is 3.29. The second kappa shape index (κ2) is 6.10. The number of nitrogens with zero attached hydrogens (tertiary/aromatic N) is 1. The number of amides is 1. The Bertz CT molecular complexity index is 335. The minimum atomic E-state index is 0.0891. The van der Waals surface area contributed by atoms with Crippen molar-refractivity contribution in [1.82, 2.24) is 10.3 Å². The largest absolute Gasteiger partial charge is 0.384 e. The van der Waals surface area contributed by atoms with E-state index >= 15 is 0 Å². The van der Waals surface area contributed by atoms with Crippen molar-refractivity contribution in [3.8, 4) is 0 Å². The van der Waals surface area contributed by atoms with Crippen LogP contribution in [0.5, 0.6) is 0 Å². The number of nitrogen functional groups attached to an aromatic ring is 1. The summed E-state index contributed by atoms with van der Waals surface area (Å²) in [5.41, 5.74) is 6.43. The number of pyridine rings is 1. The quantitative estimate of drug-likeness (QED) is 0.795. The molecule has 0 saturated carbocycles. The molecule has 3 N–H and O–H groups in total. The highest BCUT2D eigenvalue weighted by Crippen LogP contribution is 2.06. The van der Waals surface area contributed by atoms with E-state index in [0.717, 1.165) is 12.0 Å². The average molecular weight is 221 g/mol. The average Bonchev–Trinajstić information content (AvgIpc) is 2.28. The molecule has 4 nitrogen and oxygen atoms in total. The summed E-state index contributed by atoms with van der Waals surface area (Å²) >= 11 is 0. The molecule has 0 aliphatic carbocycles.